The molecule has 2 N–H and O–H groups in total. The number of likely N-dealkylation sites (N-methyl/N-ethyl adjacent to an activating group) is 1. The molecule has 0 radical (unpaired) electrons. The Hall–Kier alpha value is -2.86. The smallest absolute Gasteiger partial charge is 0.245 e. The van der Waals surface area contributed by atoms with Gasteiger partial charge in [0.25, 0.3) is 0 Å². The number of para-hydroxylation sites is 1. The van der Waals surface area contributed by atoms with Gasteiger partial charge in [0.1, 0.15) is 11.3 Å². The Bertz CT molecular complexity index is 860. The predicted molar refractivity (Wildman–Crippen MR) is 144 cm³/mol. The fourth-order valence-corrected chi connectivity index (χ4v) is 3.00. The highest BCUT2D eigenvalue weighted by atomic mass is 16.5. The number of carbonyl (C=O) groups excluding carboxylic acids is 1. The van der Waals surface area contributed by atoms with E-state index in [0.717, 1.165) is 18.7 Å². The third kappa shape index (κ3) is 11.3. The number of hydrogen-bond donors (Lipinski definition) is 2. The molecule has 0 unspecified atom stereocenters. The number of amides is 1. The van der Waals surface area contributed by atoms with E-state index < -0.39 is 5.54 Å². The molecule has 2 aromatic rings. The summed E-state index contributed by atoms with van der Waals surface area (Å²) in [5, 5.41) is 6.05. The molecule has 0 aliphatic rings. The van der Waals surface area contributed by atoms with E-state index >= 15 is 0 Å². The molecule has 0 heterocycles. The number of methoxy groups -OCH3 is 1. The van der Waals surface area contributed by atoms with Crippen LogP contribution in [0.15, 0.2) is 59.6 Å². The Labute approximate surface area is 206 Å². The first-order valence-corrected chi connectivity index (χ1v) is 11.8. The summed E-state index contributed by atoms with van der Waals surface area (Å²) in [6.07, 6.45) is 2.61. The number of aliphatic imine (C=N–C) groups is 1. The molecule has 0 aliphatic heterocycles. The van der Waals surface area contributed by atoms with Gasteiger partial charge in [0.05, 0.1) is 13.4 Å². The number of rotatable bonds is 11. The van der Waals surface area contributed by atoms with E-state index in [2.05, 4.69) is 60.7 Å². The lowest BCUT2D eigenvalue weighted by atomic mass is 9.81. The number of benzene rings is 2. The minimum absolute atomic E-state index is 0.0224. The Morgan fingerprint density at radius 2 is 1.65 bits per heavy atom. The largest absolute Gasteiger partial charge is 0.497 e. The summed E-state index contributed by atoms with van der Waals surface area (Å²) in [5.41, 5.74) is 2.00. The van der Waals surface area contributed by atoms with Crippen molar-refractivity contribution in [1.29, 1.82) is 0 Å². The Balaban J connectivity index is 0.000000605. The molecule has 0 aromatic heterocycles. The van der Waals surface area contributed by atoms with E-state index in [9.17, 15) is 4.79 Å². The van der Waals surface area contributed by atoms with Crippen molar-refractivity contribution in [3.8, 4) is 5.75 Å². The molecule has 1 amide bonds. The van der Waals surface area contributed by atoms with Gasteiger partial charge in [-0.2, -0.15) is 0 Å². The van der Waals surface area contributed by atoms with Crippen LogP contribution in [0.4, 0.5) is 0 Å². The highest BCUT2D eigenvalue weighted by molar-refractivity contribution is 5.87. The van der Waals surface area contributed by atoms with Gasteiger partial charge >= 0.3 is 0 Å². The van der Waals surface area contributed by atoms with Crippen LogP contribution < -0.4 is 15.4 Å². The molecule has 188 valence electrons. The molecule has 0 bridgehead atoms. The van der Waals surface area contributed by atoms with Crippen LogP contribution in [-0.2, 0) is 10.2 Å². The van der Waals surface area contributed by atoms with Crippen molar-refractivity contribution in [3.63, 3.8) is 0 Å². The summed E-state index contributed by atoms with van der Waals surface area (Å²) in [4.78, 5) is 18.7. The molecule has 0 aliphatic carbocycles. The molecule has 0 fully saturated rings. The summed E-state index contributed by atoms with van der Waals surface area (Å²) in [5.74, 6) is 0.887. The quantitative estimate of drug-likeness (QED) is 0.378. The molecule has 34 heavy (non-hydrogen) atoms. The number of ether oxygens (including phenoxy) is 1. The highest BCUT2D eigenvalue weighted by Crippen LogP contribution is 2.27. The van der Waals surface area contributed by atoms with Gasteiger partial charge in [0.15, 0.2) is 0 Å². The van der Waals surface area contributed by atoms with Crippen molar-refractivity contribution in [3.05, 3.63) is 65.7 Å². The second-order valence-corrected chi connectivity index (χ2v) is 9.88. The first-order valence-electron chi connectivity index (χ1n) is 11.8. The van der Waals surface area contributed by atoms with Crippen LogP contribution in [0.25, 0.3) is 0 Å². The third-order valence-electron chi connectivity index (χ3n) is 5.61. The van der Waals surface area contributed by atoms with E-state index in [4.69, 9.17) is 4.74 Å². The molecule has 6 nitrogen and oxygen atoms in total. The van der Waals surface area contributed by atoms with Gasteiger partial charge < -0.3 is 20.3 Å². The normalized spacial score (nSPS) is 11.7. The number of nitrogens with zero attached hydrogens (tertiary/aromatic N) is 2. The van der Waals surface area contributed by atoms with Crippen LogP contribution in [0.3, 0.4) is 0 Å². The van der Waals surface area contributed by atoms with Crippen LogP contribution in [-0.4, -0.2) is 63.5 Å². The van der Waals surface area contributed by atoms with Crippen molar-refractivity contribution in [2.45, 2.75) is 52.0 Å². The van der Waals surface area contributed by atoms with Crippen molar-refractivity contribution in [2.75, 3.05) is 40.8 Å². The van der Waals surface area contributed by atoms with Gasteiger partial charge in [-0.05, 0) is 64.4 Å². The maximum absolute atomic E-state index is 12.2. The molecule has 6 heteroatoms. The minimum atomic E-state index is -0.678. The van der Waals surface area contributed by atoms with E-state index in [-0.39, 0.29) is 11.3 Å². The number of hydrogen-bond acceptors (Lipinski definition) is 4. The first kappa shape index (κ1) is 29.2. The molecular weight excluding hydrogens is 424 g/mol. The lowest BCUT2D eigenvalue weighted by Gasteiger charge is -2.25. The van der Waals surface area contributed by atoms with Crippen molar-refractivity contribution < 1.29 is 9.53 Å². The zero-order chi connectivity index (χ0) is 25.6. The lowest BCUT2D eigenvalue weighted by Crippen LogP contribution is -2.53. The number of carbonyl (C=O) groups is 1. The number of nitrogens with one attached hydrogen (secondary N) is 2. The Morgan fingerprint density at radius 3 is 2.18 bits per heavy atom. The summed E-state index contributed by atoms with van der Waals surface area (Å²) in [7, 11) is 5.63. The SMILES string of the molecule is COc1ccccc1.Cc1ccc(C(C)(C)CCN=CNC(C)(C)C(=O)NCCN(C)C)cc1. The predicted octanol–water partition coefficient (Wildman–Crippen LogP) is 4.43. The van der Waals surface area contributed by atoms with E-state index in [1.54, 1.807) is 13.4 Å². The molecular formula is C28H44N4O2. The lowest BCUT2D eigenvalue weighted by molar-refractivity contribution is -0.125. The standard InChI is InChI=1S/C21H36N4O.C7H8O/c1-17-8-10-18(11-9-17)20(2,3)12-13-22-16-24-21(4,5)19(26)23-14-15-25(6)7;1-8-7-5-3-2-4-6-7/h8-11,16H,12-15H2,1-7H3,(H,22,24)(H,23,26);2-6H,1H3. The summed E-state index contributed by atoms with van der Waals surface area (Å²) >= 11 is 0. The minimum Gasteiger partial charge on any atom is -0.497 e. The van der Waals surface area contributed by atoms with E-state index in [0.29, 0.717) is 13.1 Å². The molecule has 0 saturated heterocycles. The van der Waals surface area contributed by atoms with Crippen molar-refractivity contribution in [2.24, 2.45) is 4.99 Å². The zero-order valence-electron chi connectivity index (χ0n) is 22.3. The molecule has 2 rings (SSSR count). The van der Waals surface area contributed by atoms with Crippen LogP contribution in [0, 0.1) is 6.92 Å². The van der Waals surface area contributed by atoms with Crippen molar-refractivity contribution in [1.82, 2.24) is 15.5 Å². The highest BCUT2D eigenvalue weighted by Gasteiger charge is 2.25. The van der Waals surface area contributed by atoms with Gasteiger partial charge in [-0.3, -0.25) is 9.79 Å². The topological polar surface area (TPSA) is 66.0 Å². The molecule has 0 atom stereocenters. The van der Waals surface area contributed by atoms with Crippen LogP contribution in [0.2, 0.25) is 0 Å². The molecule has 2 aromatic carbocycles. The summed E-state index contributed by atoms with van der Waals surface area (Å²) in [6, 6.07) is 18.4. The zero-order valence-corrected chi connectivity index (χ0v) is 22.3. The van der Waals surface area contributed by atoms with Gasteiger partial charge in [-0.1, -0.05) is 61.9 Å². The maximum atomic E-state index is 12.2. The second kappa shape index (κ2) is 14.4. The van der Waals surface area contributed by atoms with E-state index in [1.807, 2.05) is 63.2 Å². The van der Waals surface area contributed by atoms with Gasteiger partial charge in [0, 0.05) is 19.6 Å². The van der Waals surface area contributed by atoms with Gasteiger partial charge in [-0.15, -0.1) is 0 Å². The molecule has 0 saturated carbocycles. The maximum Gasteiger partial charge on any atom is 0.245 e. The first-order chi connectivity index (χ1) is 16.0. The second-order valence-electron chi connectivity index (χ2n) is 9.88. The number of aryl methyl sites for hydroxylation is 1. The fraction of sp³-hybridized carbons (Fsp3) is 0.500. The monoisotopic (exact) mass is 468 g/mol. The average Bonchev–Trinajstić information content (AvgIpc) is 2.79. The third-order valence-corrected chi connectivity index (χ3v) is 5.61. The fourth-order valence-electron chi connectivity index (χ4n) is 3.00. The summed E-state index contributed by atoms with van der Waals surface area (Å²) in [6.45, 7) is 12.5. The Kier molecular flexibility index (Phi) is 12.4. The van der Waals surface area contributed by atoms with Gasteiger partial charge in [0.2, 0.25) is 5.91 Å². The van der Waals surface area contributed by atoms with Crippen LogP contribution in [0.5, 0.6) is 5.75 Å². The Morgan fingerprint density at radius 1 is 1.03 bits per heavy atom. The van der Waals surface area contributed by atoms with Gasteiger partial charge in [-0.25, -0.2) is 0 Å². The van der Waals surface area contributed by atoms with Crippen molar-refractivity contribution >= 4 is 12.2 Å². The van der Waals surface area contributed by atoms with Crippen LogP contribution in [0.1, 0.15) is 45.2 Å². The van der Waals surface area contributed by atoms with E-state index in [1.165, 1.54) is 11.1 Å². The van der Waals surface area contributed by atoms with Crippen LogP contribution >= 0.6 is 0 Å². The molecule has 0 spiro atoms. The average molecular weight is 469 g/mol. The summed E-state index contributed by atoms with van der Waals surface area (Å²) < 4.78 is 4.91.